The van der Waals surface area contributed by atoms with Gasteiger partial charge >= 0.3 is 0 Å². The summed E-state index contributed by atoms with van der Waals surface area (Å²) in [6.07, 6.45) is 1.78. The predicted molar refractivity (Wildman–Crippen MR) is 89.3 cm³/mol. The van der Waals surface area contributed by atoms with Crippen LogP contribution in [-0.4, -0.2) is 11.5 Å². The standard InChI is InChI=1S/C17H21BrN2O/c1-13(2)10-19-11-14-9-16(6-7-17(14)18)21-12-15-5-3-4-8-20-15/h3-9,13,19H,10-12H2,1-2H3. The first-order chi connectivity index (χ1) is 10.1. The molecule has 2 rings (SSSR count). The molecule has 0 atom stereocenters. The number of halogens is 1. The maximum absolute atomic E-state index is 5.80. The minimum atomic E-state index is 0.487. The van der Waals surface area contributed by atoms with Crippen molar-refractivity contribution in [3.8, 4) is 5.75 Å². The third-order valence-corrected chi connectivity index (χ3v) is 3.77. The average Bonchev–Trinajstić information content (AvgIpc) is 2.48. The Morgan fingerprint density at radius 1 is 1.24 bits per heavy atom. The lowest BCUT2D eigenvalue weighted by atomic mass is 10.2. The highest BCUT2D eigenvalue weighted by Gasteiger charge is 2.04. The molecule has 0 radical (unpaired) electrons. The molecule has 0 aliphatic carbocycles. The third-order valence-electron chi connectivity index (χ3n) is 3.00. The first-order valence-electron chi connectivity index (χ1n) is 7.17. The van der Waals surface area contributed by atoms with E-state index < -0.39 is 0 Å². The summed E-state index contributed by atoms with van der Waals surface area (Å²) < 4.78 is 6.90. The molecular formula is C17H21BrN2O. The van der Waals surface area contributed by atoms with Crippen LogP contribution in [0.5, 0.6) is 5.75 Å². The number of aromatic nitrogens is 1. The van der Waals surface area contributed by atoms with E-state index in [2.05, 4.69) is 46.1 Å². The molecule has 1 heterocycles. The smallest absolute Gasteiger partial charge is 0.130 e. The van der Waals surface area contributed by atoms with Crippen molar-refractivity contribution in [3.63, 3.8) is 0 Å². The summed E-state index contributed by atoms with van der Waals surface area (Å²) in [6, 6.07) is 11.9. The van der Waals surface area contributed by atoms with Crippen molar-refractivity contribution in [2.24, 2.45) is 5.92 Å². The molecule has 4 heteroatoms. The van der Waals surface area contributed by atoms with Crippen LogP contribution in [0.2, 0.25) is 0 Å². The average molecular weight is 349 g/mol. The molecule has 0 bridgehead atoms. The third kappa shape index (κ3) is 5.48. The molecule has 112 valence electrons. The maximum Gasteiger partial charge on any atom is 0.130 e. The fourth-order valence-corrected chi connectivity index (χ4v) is 2.30. The van der Waals surface area contributed by atoms with E-state index in [4.69, 9.17) is 4.74 Å². The van der Waals surface area contributed by atoms with Gasteiger partial charge in [0, 0.05) is 17.2 Å². The van der Waals surface area contributed by atoms with Crippen molar-refractivity contribution in [1.82, 2.24) is 10.3 Å². The molecule has 1 aromatic heterocycles. The Morgan fingerprint density at radius 2 is 2.10 bits per heavy atom. The van der Waals surface area contributed by atoms with Gasteiger partial charge in [0.2, 0.25) is 0 Å². The van der Waals surface area contributed by atoms with Gasteiger partial charge in [0.05, 0.1) is 5.69 Å². The molecule has 0 fully saturated rings. The summed E-state index contributed by atoms with van der Waals surface area (Å²) in [6.45, 7) is 6.73. The molecular weight excluding hydrogens is 328 g/mol. The second-order valence-electron chi connectivity index (χ2n) is 5.39. The van der Waals surface area contributed by atoms with Crippen LogP contribution in [0.4, 0.5) is 0 Å². The van der Waals surface area contributed by atoms with Crippen LogP contribution in [-0.2, 0) is 13.2 Å². The van der Waals surface area contributed by atoms with Crippen LogP contribution < -0.4 is 10.1 Å². The molecule has 0 spiro atoms. The summed E-state index contributed by atoms with van der Waals surface area (Å²) in [5, 5.41) is 3.45. The van der Waals surface area contributed by atoms with Gasteiger partial charge < -0.3 is 10.1 Å². The van der Waals surface area contributed by atoms with Gasteiger partial charge in [0.1, 0.15) is 12.4 Å². The van der Waals surface area contributed by atoms with Gasteiger partial charge in [-0.3, -0.25) is 4.98 Å². The van der Waals surface area contributed by atoms with E-state index in [0.29, 0.717) is 12.5 Å². The summed E-state index contributed by atoms with van der Waals surface area (Å²) in [5.74, 6) is 1.51. The van der Waals surface area contributed by atoms with Gasteiger partial charge in [-0.2, -0.15) is 0 Å². The van der Waals surface area contributed by atoms with Crippen LogP contribution in [0.25, 0.3) is 0 Å². The van der Waals surface area contributed by atoms with E-state index >= 15 is 0 Å². The van der Waals surface area contributed by atoms with E-state index in [1.807, 2.05) is 30.3 Å². The van der Waals surface area contributed by atoms with Crippen molar-refractivity contribution in [1.29, 1.82) is 0 Å². The molecule has 1 aromatic carbocycles. The van der Waals surface area contributed by atoms with Crippen LogP contribution in [0, 0.1) is 5.92 Å². The van der Waals surface area contributed by atoms with Crippen molar-refractivity contribution in [2.75, 3.05) is 6.54 Å². The van der Waals surface area contributed by atoms with Crippen molar-refractivity contribution < 1.29 is 4.74 Å². The molecule has 1 N–H and O–H groups in total. The molecule has 21 heavy (non-hydrogen) atoms. The zero-order valence-corrected chi connectivity index (χ0v) is 14.1. The van der Waals surface area contributed by atoms with E-state index in [1.165, 1.54) is 5.56 Å². The topological polar surface area (TPSA) is 34.1 Å². The van der Waals surface area contributed by atoms with Gasteiger partial charge in [-0.25, -0.2) is 0 Å². The highest BCUT2D eigenvalue weighted by atomic mass is 79.9. The van der Waals surface area contributed by atoms with Gasteiger partial charge in [-0.15, -0.1) is 0 Å². The van der Waals surface area contributed by atoms with E-state index in [0.717, 1.165) is 29.0 Å². The Labute approximate surface area is 134 Å². The normalized spacial score (nSPS) is 10.9. The second-order valence-corrected chi connectivity index (χ2v) is 6.24. The minimum Gasteiger partial charge on any atom is -0.487 e. The van der Waals surface area contributed by atoms with Gasteiger partial charge in [-0.1, -0.05) is 35.8 Å². The van der Waals surface area contributed by atoms with Crippen molar-refractivity contribution in [2.45, 2.75) is 27.0 Å². The molecule has 0 aliphatic heterocycles. The molecule has 0 saturated carbocycles. The lowest BCUT2D eigenvalue weighted by molar-refractivity contribution is 0.301. The molecule has 0 saturated heterocycles. The Bertz CT molecular complexity index is 558. The Hall–Kier alpha value is -1.39. The lowest BCUT2D eigenvalue weighted by Crippen LogP contribution is -2.19. The zero-order valence-electron chi connectivity index (χ0n) is 12.5. The van der Waals surface area contributed by atoms with E-state index in [1.54, 1.807) is 6.20 Å². The number of rotatable bonds is 7. The summed E-state index contributed by atoms with van der Waals surface area (Å²) in [4.78, 5) is 4.26. The van der Waals surface area contributed by atoms with Crippen LogP contribution in [0.3, 0.4) is 0 Å². The van der Waals surface area contributed by atoms with Gasteiger partial charge in [-0.05, 0) is 48.4 Å². The number of benzene rings is 1. The molecule has 3 nitrogen and oxygen atoms in total. The highest BCUT2D eigenvalue weighted by Crippen LogP contribution is 2.23. The highest BCUT2D eigenvalue weighted by molar-refractivity contribution is 9.10. The van der Waals surface area contributed by atoms with E-state index in [9.17, 15) is 0 Å². The van der Waals surface area contributed by atoms with Crippen LogP contribution in [0.15, 0.2) is 47.1 Å². The van der Waals surface area contributed by atoms with E-state index in [-0.39, 0.29) is 0 Å². The number of pyridine rings is 1. The SMILES string of the molecule is CC(C)CNCc1cc(OCc2ccccn2)ccc1Br. The number of nitrogens with zero attached hydrogens (tertiary/aromatic N) is 1. The summed E-state index contributed by atoms with van der Waals surface area (Å²) >= 11 is 3.59. The summed E-state index contributed by atoms with van der Waals surface area (Å²) in [7, 11) is 0. The van der Waals surface area contributed by atoms with Crippen molar-refractivity contribution >= 4 is 15.9 Å². The largest absolute Gasteiger partial charge is 0.487 e. The fraction of sp³-hybridized carbons (Fsp3) is 0.353. The minimum absolute atomic E-state index is 0.487. The summed E-state index contributed by atoms with van der Waals surface area (Å²) in [5.41, 5.74) is 2.13. The molecule has 0 unspecified atom stereocenters. The Morgan fingerprint density at radius 3 is 2.81 bits per heavy atom. The first kappa shape index (κ1) is 16.0. The Balaban J connectivity index is 1.94. The number of ether oxygens (including phenoxy) is 1. The molecule has 0 amide bonds. The Kier molecular flexibility index (Phi) is 6.21. The lowest BCUT2D eigenvalue weighted by Gasteiger charge is -2.11. The number of hydrogen-bond donors (Lipinski definition) is 1. The fourth-order valence-electron chi connectivity index (χ4n) is 1.91. The molecule has 2 aromatic rings. The van der Waals surface area contributed by atoms with Gasteiger partial charge in [0.15, 0.2) is 0 Å². The molecule has 0 aliphatic rings. The predicted octanol–water partition coefficient (Wildman–Crippen LogP) is 4.17. The zero-order chi connectivity index (χ0) is 15.1. The van der Waals surface area contributed by atoms with Crippen LogP contribution in [0.1, 0.15) is 25.1 Å². The van der Waals surface area contributed by atoms with Crippen molar-refractivity contribution in [3.05, 3.63) is 58.3 Å². The number of nitrogens with one attached hydrogen (secondary N) is 1. The maximum atomic E-state index is 5.80. The second kappa shape index (κ2) is 8.15. The van der Waals surface area contributed by atoms with Gasteiger partial charge in [0.25, 0.3) is 0 Å². The van der Waals surface area contributed by atoms with Crippen LogP contribution >= 0.6 is 15.9 Å². The quantitative estimate of drug-likeness (QED) is 0.815. The monoisotopic (exact) mass is 348 g/mol. The first-order valence-corrected chi connectivity index (χ1v) is 7.96. The number of hydrogen-bond acceptors (Lipinski definition) is 3.